The maximum absolute atomic E-state index is 13.4. The molecule has 0 unspecified atom stereocenters. The summed E-state index contributed by atoms with van der Waals surface area (Å²) >= 11 is 0. The molecule has 0 radical (unpaired) electrons. The zero-order valence-corrected chi connectivity index (χ0v) is 17.5. The Bertz CT molecular complexity index is 842. The standard InChI is InChI=1S/C24H30N2O3/c1-4-29-24(28)20-12-14-26(15-13-20)22(19-8-6-5-7-9-19)23(27)25-21-16-17(2)10-11-18(21)3/h5-11,16,20,22H,4,12-15H2,1-3H3,(H,25,27)/p+1/t22-/m0/s1. The minimum Gasteiger partial charge on any atom is -0.466 e. The molecule has 29 heavy (non-hydrogen) atoms. The summed E-state index contributed by atoms with van der Waals surface area (Å²) in [4.78, 5) is 26.6. The third-order valence-electron chi connectivity index (χ3n) is 5.70. The first-order valence-electron chi connectivity index (χ1n) is 10.4. The molecule has 3 rings (SSSR count). The van der Waals surface area contributed by atoms with Gasteiger partial charge in [-0.1, -0.05) is 42.5 Å². The molecule has 1 saturated heterocycles. The number of hydrogen-bond acceptors (Lipinski definition) is 3. The average Bonchev–Trinajstić information content (AvgIpc) is 2.72. The minimum atomic E-state index is -0.306. The van der Waals surface area contributed by atoms with Crippen LogP contribution in [-0.4, -0.2) is 31.6 Å². The summed E-state index contributed by atoms with van der Waals surface area (Å²) in [6.45, 7) is 7.81. The number of rotatable bonds is 6. The fourth-order valence-electron chi connectivity index (χ4n) is 4.07. The maximum Gasteiger partial charge on any atom is 0.309 e. The Labute approximate surface area is 173 Å². The van der Waals surface area contributed by atoms with Gasteiger partial charge in [0, 0.05) is 24.1 Å². The highest BCUT2D eigenvalue weighted by atomic mass is 16.5. The monoisotopic (exact) mass is 395 g/mol. The Morgan fingerprint density at radius 2 is 1.79 bits per heavy atom. The third-order valence-corrected chi connectivity index (χ3v) is 5.70. The van der Waals surface area contributed by atoms with Crippen molar-refractivity contribution in [3.63, 3.8) is 0 Å². The fraction of sp³-hybridized carbons (Fsp3) is 0.417. The summed E-state index contributed by atoms with van der Waals surface area (Å²) in [5.41, 5.74) is 4.02. The highest BCUT2D eigenvalue weighted by Gasteiger charge is 2.37. The molecule has 1 heterocycles. The van der Waals surface area contributed by atoms with Gasteiger partial charge in [0.25, 0.3) is 5.91 Å². The molecule has 0 aromatic heterocycles. The third kappa shape index (κ3) is 5.24. The number of amides is 1. The molecule has 0 bridgehead atoms. The van der Waals surface area contributed by atoms with Gasteiger partial charge in [0.05, 0.1) is 25.6 Å². The largest absolute Gasteiger partial charge is 0.466 e. The fourth-order valence-corrected chi connectivity index (χ4v) is 4.07. The van der Waals surface area contributed by atoms with E-state index >= 15 is 0 Å². The number of likely N-dealkylation sites (tertiary alicyclic amines) is 1. The number of quaternary nitrogens is 1. The first-order valence-corrected chi connectivity index (χ1v) is 10.4. The lowest BCUT2D eigenvalue weighted by Crippen LogP contribution is -3.14. The van der Waals surface area contributed by atoms with Gasteiger partial charge in [-0.25, -0.2) is 0 Å². The molecule has 2 aromatic rings. The Kier molecular flexibility index (Phi) is 7.04. The Hall–Kier alpha value is -2.66. The minimum absolute atomic E-state index is 0.00511. The van der Waals surface area contributed by atoms with Gasteiger partial charge >= 0.3 is 5.97 Å². The predicted octanol–water partition coefficient (Wildman–Crippen LogP) is 2.84. The molecule has 0 spiro atoms. The number of ether oxygens (including phenoxy) is 1. The molecule has 5 heteroatoms. The van der Waals surface area contributed by atoms with Crippen LogP contribution in [0.1, 0.15) is 42.5 Å². The molecular formula is C24H31N2O3+. The van der Waals surface area contributed by atoms with Gasteiger partial charge in [0.2, 0.25) is 0 Å². The Morgan fingerprint density at radius 1 is 1.10 bits per heavy atom. The van der Waals surface area contributed by atoms with E-state index in [0.717, 1.165) is 48.3 Å². The number of carbonyl (C=O) groups is 2. The van der Waals surface area contributed by atoms with E-state index in [1.165, 1.54) is 4.90 Å². The highest BCUT2D eigenvalue weighted by molar-refractivity contribution is 5.95. The number of hydrogen-bond donors (Lipinski definition) is 2. The number of anilines is 1. The van der Waals surface area contributed by atoms with Crippen LogP contribution < -0.4 is 10.2 Å². The smallest absolute Gasteiger partial charge is 0.309 e. The van der Waals surface area contributed by atoms with Gasteiger partial charge in [-0.05, 0) is 38.0 Å². The Balaban J connectivity index is 1.78. The van der Waals surface area contributed by atoms with E-state index in [1.54, 1.807) is 0 Å². The zero-order chi connectivity index (χ0) is 20.8. The van der Waals surface area contributed by atoms with Crippen LogP contribution in [-0.2, 0) is 14.3 Å². The van der Waals surface area contributed by atoms with Crippen molar-refractivity contribution in [2.24, 2.45) is 5.92 Å². The van der Waals surface area contributed by atoms with Crippen molar-refractivity contribution in [2.75, 3.05) is 25.0 Å². The molecule has 5 nitrogen and oxygen atoms in total. The van der Waals surface area contributed by atoms with Crippen LogP contribution in [0.3, 0.4) is 0 Å². The van der Waals surface area contributed by atoms with Gasteiger partial charge in [-0.3, -0.25) is 9.59 Å². The van der Waals surface area contributed by atoms with Gasteiger partial charge in [0.1, 0.15) is 0 Å². The predicted molar refractivity (Wildman–Crippen MR) is 114 cm³/mol. The van der Waals surface area contributed by atoms with Crippen LogP contribution >= 0.6 is 0 Å². The second kappa shape index (κ2) is 9.70. The molecule has 0 saturated carbocycles. The number of benzene rings is 2. The van der Waals surface area contributed by atoms with E-state index in [-0.39, 0.29) is 23.8 Å². The SMILES string of the molecule is CCOC(=O)C1CC[NH+]([C@H](C(=O)Nc2cc(C)ccc2C)c2ccccc2)CC1. The molecule has 0 aliphatic carbocycles. The number of aryl methyl sites for hydroxylation is 2. The van der Waals surface area contributed by atoms with Crippen molar-refractivity contribution in [1.29, 1.82) is 0 Å². The average molecular weight is 396 g/mol. The summed E-state index contributed by atoms with van der Waals surface area (Å²) in [6.07, 6.45) is 1.49. The second-order valence-electron chi connectivity index (χ2n) is 7.84. The van der Waals surface area contributed by atoms with E-state index < -0.39 is 0 Å². The van der Waals surface area contributed by atoms with Crippen LogP contribution in [0.15, 0.2) is 48.5 Å². The molecule has 1 aliphatic rings. The molecule has 1 amide bonds. The lowest BCUT2D eigenvalue weighted by molar-refractivity contribution is -0.927. The highest BCUT2D eigenvalue weighted by Crippen LogP contribution is 2.20. The number of esters is 1. The van der Waals surface area contributed by atoms with Gasteiger partial charge in [-0.2, -0.15) is 0 Å². The van der Waals surface area contributed by atoms with Gasteiger partial charge < -0.3 is 15.0 Å². The molecule has 2 aromatic carbocycles. The van der Waals surface area contributed by atoms with Crippen molar-refractivity contribution >= 4 is 17.6 Å². The molecule has 1 fully saturated rings. The summed E-state index contributed by atoms with van der Waals surface area (Å²) in [6, 6.07) is 15.7. The topological polar surface area (TPSA) is 59.8 Å². The number of nitrogens with one attached hydrogen (secondary N) is 2. The number of carbonyl (C=O) groups excluding carboxylic acids is 2. The van der Waals surface area contributed by atoms with Crippen LogP contribution in [0, 0.1) is 19.8 Å². The van der Waals surface area contributed by atoms with Crippen molar-refractivity contribution in [2.45, 2.75) is 39.7 Å². The van der Waals surface area contributed by atoms with Crippen molar-refractivity contribution in [3.8, 4) is 0 Å². The van der Waals surface area contributed by atoms with E-state index in [9.17, 15) is 9.59 Å². The van der Waals surface area contributed by atoms with E-state index in [2.05, 4.69) is 5.32 Å². The summed E-state index contributed by atoms with van der Waals surface area (Å²) in [7, 11) is 0. The van der Waals surface area contributed by atoms with Crippen molar-refractivity contribution in [1.82, 2.24) is 0 Å². The van der Waals surface area contributed by atoms with Gasteiger partial charge in [-0.15, -0.1) is 0 Å². The first-order chi connectivity index (χ1) is 14.0. The van der Waals surface area contributed by atoms with Crippen LogP contribution in [0.5, 0.6) is 0 Å². The molecule has 154 valence electrons. The summed E-state index contributed by atoms with van der Waals surface area (Å²) in [5, 5.41) is 3.15. The summed E-state index contributed by atoms with van der Waals surface area (Å²) < 4.78 is 5.19. The van der Waals surface area contributed by atoms with Crippen molar-refractivity contribution < 1.29 is 19.2 Å². The Morgan fingerprint density at radius 3 is 2.45 bits per heavy atom. The quantitative estimate of drug-likeness (QED) is 0.740. The molecule has 2 N–H and O–H groups in total. The maximum atomic E-state index is 13.4. The molecule has 1 aliphatic heterocycles. The van der Waals surface area contributed by atoms with E-state index in [4.69, 9.17) is 4.74 Å². The molecule has 1 atom stereocenters. The van der Waals surface area contributed by atoms with Crippen LogP contribution in [0.2, 0.25) is 0 Å². The van der Waals surface area contributed by atoms with Gasteiger partial charge in [0.15, 0.2) is 6.04 Å². The van der Waals surface area contributed by atoms with E-state index in [1.807, 2.05) is 69.3 Å². The molecular weight excluding hydrogens is 364 g/mol. The second-order valence-corrected chi connectivity index (χ2v) is 7.84. The zero-order valence-electron chi connectivity index (χ0n) is 17.5. The van der Waals surface area contributed by atoms with Crippen LogP contribution in [0.4, 0.5) is 5.69 Å². The first kappa shape index (κ1) is 21.1. The lowest BCUT2D eigenvalue weighted by Gasteiger charge is -2.33. The lowest BCUT2D eigenvalue weighted by atomic mass is 9.94. The van der Waals surface area contributed by atoms with E-state index in [0.29, 0.717) is 6.61 Å². The van der Waals surface area contributed by atoms with Crippen molar-refractivity contribution in [3.05, 3.63) is 65.2 Å². The number of piperidine rings is 1. The van der Waals surface area contributed by atoms with Crippen LogP contribution in [0.25, 0.3) is 0 Å². The summed E-state index contributed by atoms with van der Waals surface area (Å²) in [5.74, 6) is -0.172. The normalized spacial score (nSPS) is 20.0.